The van der Waals surface area contributed by atoms with Gasteiger partial charge in [0, 0.05) is 5.92 Å². The van der Waals surface area contributed by atoms with Crippen molar-refractivity contribution < 1.29 is 15.0 Å². The first-order valence-electron chi connectivity index (χ1n) is 3.78. The highest BCUT2D eigenvalue weighted by atomic mass is 16.3. The van der Waals surface area contributed by atoms with Gasteiger partial charge in [-0.05, 0) is 0 Å². The zero-order chi connectivity index (χ0) is 9.72. The second-order valence-electron chi connectivity index (χ2n) is 2.89. The van der Waals surface area contributed by atoms with E-state index in [2.05, 4.69) is 11.9 Å². The van der Waals surface area contributed by atoms with E-state index in [4.69, 9.17) is 10.2 Å². The van der Waals surface area contributed by atoms with Gasteiger partial charge in [-0.2, -0.15) is 0 Å². The van der Waals surface area contributed by atoms with Crippen LogP contribution in [0, 0.1) is 5.92 Å². The molecule has 0 rings (SSSR count). The smallest absolute Gasteiger partial charge is 0.223 e. The highest BCUT2D eigenvalue weighted by molar-refractivity contribution is 5.78. The normalized spacial score (nSPS) is 12.7. The van der Waals surface area contributed by atoms with Gasteiger partial charge >= 0.3 is 0 Å². The molecule has 0 saturated carbocycles. The third-order valence-electron chi connectivity index (χ3n) is 1.43. The average molecular weight is 173 g/mol. The molecule has 70 valence electrons. The highest BCUT2D eigenvalue weighted by Gasteiger charge is 2.15. The fraction of sp³-hybridized carbons (Fsp3) is 0.625. The van der Waals surface area contributed by atoms with Gasteiger partial charge in [-0.15, -0.1) is 0 Å². The van der Waals surface area contributed by atoms with Crippen molar-refractivity contribution in [1.82, 2.24) is 5.32 Å². The Labute approximate surface area is 71.9 Å². The lowest BCUT2D eigenvalue weighted by Gasteiger charge is -2.15. The second-order valence-corrected chi connectivity index (χ2v) is 2.89. The summed E-state index contributed by atoms with van der Waals surface area (Å²) in [4.78, 5) is 11.0. The first-order valence-corrected chi connectivity index (χ1v) is 3.78. The summed E-state index contributed by atoms with van der Waals surface area (Å²) in [6, 6.07) is -0.750. The molecule has 0 aliphatic rings. The molecule has 0 bridgehead atoms. The van der Waals surface area contributed by atoms with Gasteiger partial charge in [0.2, 0.25) is 5.91 Å². The fourth-order valence-corrected chi connectivity index (χ4v) is 0.573. The zero-order valence-electron chi connectivity index (χ0n) is 7.37. The molecule has 12 heavy (non-hydrogen) atoms. The van der Waals surface area contributed by atoms with Crippen molar-refractivity contribution >= 4 is 5.91 Å². The summed E-state index contributed by atoms with van der Waals surface area (Å²) in [6.07, 6.45) is 0. The van der Waals surface area contributed by atoms with Gasteiger partial charge in [0.15, 0.2) is 0 Å². The minimum absolute atomic E-state index is 0.168. The SMILES string of the molecule is C=C(O)[C@H](CO)NC(=O)C(C)C. The lowest BCUT2D eigenvalue weighted by molar-refractivity contribution is -0.125. The van der Waals surface area contributed by atoms with Crippen molar-refractivity contribution in [2.24, 2.45) is 5.92 Å². The third kappa shape index (κ3) is 3.39. The predicted molar refractivity (Wildman–Crippen MR) is 45.6 cm³/mol. The minimum Gasteiger partial charge on any atom is -0.511 e. The van der Waals surface area contributed by atoms with Crippen molar-refractivity contribution in [2.75, 3.05) is 6.61 Å². The molecular formula is C8H15NO3. The summed E-state index contributed by atoms with van der Waals surface area (Å²) < 4.78 is 0. The van der Waals surface area contributed by atoms with Crippen molar-refractivity contribution in [2.45, 2.75) is 19.9 Å². The summed E-state index contributed by atoms with van der Waals surface area (Å²) in [5, 5.41) is 20.0. The van der Waals surface area contributed by atoms with Crippen molar-refractivity contribution in [3.8, 4) is 0 Å². The Morgan fingerprint density at radius 1 is 1.58 bits per heavy atom. The van der Waals surface area contributed by atoms with Crippen LogP contribution in [-0.2, 0) is 4.79 Å². The molecule has 0 heterocycles. The molecule has 0 radical (unpaired) electrons. The van der Waals surface area contributed by atoms with Gasteiger partial charge in [0.1, 0.15) is 11.8 Å². The Balaban J connectivity index is 4.03. The maximum absolute atomic E-state index is 11.0. The molecule has 0 spiro atoms. The van der Waals surface area contributed by atoms with E-state index in [9.17, 15) is 4.79 Å². The van der Waals surface area contributed by atoms with E-state index in [-0.39, 0.29) is 24.2 Å². The number of carbonyl (C=O) groups is 1. The molecule has 0 fully saturated rings. The molecule has 3 N–H and O–H groups in total. The van der Waals surface area contributed by atoms with Crippen LogP contribution in [0.2, 0.25) is 0 Å². The van der Waals surface area contributed by atoms with Crippen molar-refractivity contribution in [3.05, 3.63) is 12.3 Å². The number of carbonyl (C=O) groups excluding carboxylic acids is 1. The maximum Gasteiger partial charge on any atom is 0.223 e. The van der Waals surface area contributed by atoms with Crippen molar-refractivity contribution in [3.63, 3.8) is 0 Å². The molecule has 0 saturated heterocycles. The second kappa shape index (κ2) is 4.77. The van der Waals surface area contributed by atoms with Gasteiger partial charge in [0.25, 0.3) is 0 Å². The van der Waals surface area contributed by atoms with Crippen molar-refractivity contribution in [1.29, 1.82) is 0 Å². The minimum atomic E-state index is -0.750. The average Bonchev–Trinajstić information content (AvgIpc) is 1.98. The van der Waals surface area contributed by atoms with E-state index >= 15 is 0 Å². The van der Waals surface area contributed by atoms with E-state index in [1.807, 2.05) is 0 Å². The first-order chi connectivity index (χ1) is 5.49. The maximum atomic E-state index is 11.0. The number of hydrogen-bond donors (Lipinski definition) is 3. The topological polar surface area (TPSA) is 69.6 Å². The van der Waals surface area contributed by atoms with E-state index < -0.39 is 6.04 Å². The molecule has 0 aromatic rings. The lowest BCUT2D eigenvalue weighted by Crippen LogP contribution is -2.40. The van der Waals surface area contributed by atoms with Gasteiger partial charge in [-0.25, -0.2) is 0 Å². The molecule has 0 unspecified atom stereocenters. The van der Waals surface area contributed by atoms with Gasteiger partial charge < -0.3 is 15.5 Å². The van der Waals surface area contributed by atoms with Gasteiger partial charge in [0.05, 0.1) is 6.61 Å². The Morgan fingerprint density at radius 2 is 2.08 bits per heavy atom. The lowest BCUT2D eigenvalue weighted by atomic mass is 10.2. The summed E-state index contributed by atoms with van der Waals surface area (Å²) in [6.45, 7) is 6.33. The molecule has 0 aliphatic carbocycles. The fourth-order valence-electron chi connectivity index (χ4n) is 0.573. The van der Waals surface area contributed by atoms with E-state index in [1.54, 1.807) is 13.8 Å². The molecule has 4 nitrogen and oxygen atoms in total. The summed E-state index contributed by atoms with van der Waals surface area (Å²) in [5.74, 6) is -0.617. The third-order valence-corrected chi connectivity index (χ3v) is 1.43. The molecule has 0 aromatic heterocycles. The zero-order valence-corrected chi connectivity index (χ0v) is 7.37. The number of hydrogen-bond acceptors (Lipinski definition) is 3. The van der Waals surface area contributed by atoms with Crippen LogP contribution >= 0.6 is 0 Å². The van der Waals surface area contributed by atoms with Crippen LogP contribution in [0.5, 0.6) is 0 Å². The van der Waals surface area contributed by atoms with Crippen LogP contribution in [0.25, 0.3) is 0 Å². The number of amides is 1. The number of rotatable bonds is 4. The Kier molecular flexibility index (Phi) is 4.36. The Bertz CT molecular complexity index is 177. The van der Waals surface area contributed by atoms with E-state index in [0.29, 0.717) is 0 Å². The van der Waals surface area contributed by atoms with Crippen LogP contribution < -0.4 is 5.32 Å². The Morgan fingerprint density at radius 3 is 2.33 bits per heavy atom. The number of aliphatic hydroxyl groups excluding tert-OH is 2. The van der Waals surface area contributed by atoms with Crippen LogP contribution in [-0.4, -0.2) is 28.8 Å². The predicted octanol–water partition coefficient (Wildman–Crippen LogP) is 0.191. The summed E-state index contributed by atoms with van der Waals surface area (Å²) >= 11 is 0. The van der Waals surface area contributed by atoms with Crippen LogP contribution in [0.3, 0.4) is 0 Å². The molecular weight excluding hydrogens is 158 g/mol. The van der Waals surface area contributed by atoms with E-state index in [0.717, 1.165) is 0 Å². The van der Waals surface area contributed by atoms with Crippen LogP contribution in [0.1, 0.15) is 13.8 Å². The largest absolute Gasteiger partial charge is 0.511 e. The molecule has 1 amide bonds. The standard InChI is InChI=1S/C8H15NO3/c1-5(2)8(12)9-7(4-10)6(3)11/h5,7,10-11H,3-4H2,1-2H3,(H,9,12)/t7-/m0/s1. The summed E-state index contributed by atoms with van der Waals surface area (Å²) in [7, 11) is 0. The summed E-state index contributed by atoms with van der Waals surface area (Å²) in [5.41, 5.74) is 0. The first kappa shape index (κ1) is 11.0. The van der Waals surface area contributed by atoms with Gasteiger partial charge in [-0.1, -0.05) is 20.4 Å². The number of aliphatic hydroxyl groups is 2. The van der Waals surface area contributed by atoms with Crippen LogP contribution in [0.4, 0.5) is 0 Å². The quantitative estimate of drug-likeness (QED) is 0.531. The van der Waals surface area contributed by atoms with E-state index in [1.165, 1.54) is 0 Å². The van der Waals surface area contributed by atoms with Crippen LogP contribution in [0.15, 0.2) is 12.3 Å². The Hall–Kier alpha value is -1.03. The highest BCUT2D eigenvalue weighted by Crippen LogP contribution is 1.97. The van der Waals surface area contributed by atoms with Gasteiger partial charge in [-0.3, -0.25) is 4.79 Å². The number of nitrogens with one attached hydrogen (secondary N) is 1. The monoisotopic (exact) mass is 173 g/mol. The molecule has 1 atom stereocenters. The molecule has 0 aliphatic heterocycles. The molecule has 4 heteroatoms. The molecule has 0 aromatic carbocycles.